The lowest BCUT2D eigenvalue weighted by Crippen LogP contribution is -2.54. The van der Waals surface area contributed by atoms with Crippen molar-refractivity contribution < 1.29 is 4.79 Å². The van der Waals surface area contributed by atoms with Gasteiger partial charge in [-0.2, -0.15) is 0 Å². The quantitative estimate of drug-likeness (QED) is 0.732. The van der Waals surface area contributed by atoms with Gasteiger partial charge in [-0.25, -0.2) is 0 Å². The summed E-state index contributed by atoms with van der Waals surface area (Å²) < 4.78 is 1.04. The number of halogens is 1. The fourth-order valence-electron chi connectivity index (χ4n) is 1.90. The van der Waals surface area contributed by atoms with Crippen LogP contribution in [0.15, 0.2) is 33.6 Å². The molecule has 0 aliphatic heterocycles. The molecule has 3 N–H and O–H groups in total. The van der Waals surface area contributed by atoms with Gasteiger partial charge in [0.1, 0.15) is 0 Å². The third-order valence-corrected chi connectivity index (χ3v) is 5.27. The number of hydrogen-bond acceptors (Lipinski definition) is 3. The summed E-state index contributed by atoms with van der Waals surface area (Å²) in [5.74, 6) is 0.0482. The summed E-state index contributed by atoms with van der Waals surface area (Å²) in [6.45, 7) is 6.52. The zero-order valence-corrected chi connectivity index (χ0v) is 14.7. The molecule has 0 saturated heterocycles. The van der Waals surface area contributed by atoms with Crippen molar-refractivity contribution in [3.63, 3.8) is 0 Å². The number of thioether (sulfide) groups is 1. The van der Waals surface area contributed by atoms with Crippen molar-refractivity contribution in [2.45, 2.75) is 49.3 Å². The Hall–Kier alpha value is -0.520. The van der Waals surface area contributed by atoms with Gasteiger partial charge in [0, 0.05) is 15.9 Å². The van der Waals surface area contributed by atoms with Gasteiger partial charge in [-0.3, -0.25) is 4.79 Å². The van der Waals surface area contributed by atoms with Gasteiger partial charge in [-0.15, -0.1) is 11.8 Å². The van der Waals surface area contributed by atoms with Crippen LogP contribution in [0.4, 0.5) is 0 Å². The molecule has 1 aromatic carbocycles. The molecule has 1 amide bonds. The first-order valence-corrected chi connectivity index (χ1v) is 8.58. The molecule has 0 aromatic heterocycles. The molecule has 5 heteroatoms. The summed E-state index contributed by atoms with van der Waals surface area (Å²) in [6.07, 6.45) is 1.70. The Labute approximate surface area is 134 Å². The van der Waals surface area contributed by atoms with Gasteiger partial charge >= 0.3 is 0 Å². The minimum Gasteiger partial charge on any atom is -0.348 e. The number of nitrogens with one attached hydrogen (secondary N) is 1. The number of carbonyl (C=O) groups is 1. The highest BCUT2D eigenvalue weighted by molar-refractivity contribution is 9.10. The summed E-state index contributed by atoms with van der Waals surface area (Å²) >= 11 is 4.96. The highest BCUT2D eigenvalue weighted by Gasteiger charge is 2.28. The Balaban J connectivity index is 2.65. The standard InChI is InChI=1S/C15H23BrN2OS/c1-4-15(5-2,10-17)18-14(19)11(3)20-13-8-6-12(16)7-9-13/h6-9,11H,4-5,10,17H2,1-3H3,(H,18,19). The van der Waals surface area contributed by atoms with E-state index in [0.29, 0.717) is 6.54 Å². The minimum atomic E-state index is -0.272. The smallest absolute Gasteiger partial charge is 0.233 e. The maximum absolute atomic E-state index is 12.3. The van der Waals surface area contributed by atoms with Gasteiger partial charge in [-0.05, 0) is 44.0 Å². The molecule has 3 nitrogen and oxygen atoms in total. The summed E-state index contributed by atoms with van der Waals surface area (Å²) in [4.78, 5) is 13.4. The Morgan fingerprint density at radius 3 is 2.35 bits per heavy atom. The molecular formula is C15H23BrN2OS. The molecule has 0 heterocycles. The van der Waals surface area contributed by atoms with Gasteiger partial charge in [0.15, 0.2) is 0 Å². The zero-order valence-electron chi connectivity index (χ0n) is 12.3. The second kappa shape index (κ2) is 8.05. The highest BCUT2D eigenvalue weighted by atomic mass is 79.9. The molecule has 1 unspecified atom stereocenters. The number of amides is 1. The zero-order chi connectivity index (χ0) is 15.2. The first-order chi connectivity index (χ1) is 9.46. The molecule has 0 aliphatic rings. The lowest BCUT2D eigenvalue weighted by molar-refractivity contribution is -0.122. The second-order valence-electron chi connectivity index (χ2n) is 4.89. The second-order valence-corrected chi connectivity index (χ2v) is 7.22. The highest BCUT2D eigenvalue weighted by Crippen LogP contribution is 2.25. The number of nitrogens with two attached hydrogens (primary N) is 1. The van der Waals surface area contributed by atoms with Crippen LogP contribution in [-0.2, 0) is 4.79 Å². The molecule has 0 aliphatic carbocycles. The van der Waals surface area contributed by atoms with Crippen LogP contribution < -0.4 is 11.1 Å². The minimum absolute atomic E-state index is 0.0482. The molecule has 0 radical (unpaired) electrons. The van der Waals surface area contributed by atoms with Crippen LogP contribution in [-0.4, -0.2) is 23.2 Å². The van der Waals surface area contributed by atoms with Crippen molar-refractivity contribution in [3.8, 4) is 0 Å². The summed E-state index contributed by atoms with van der Waals surface area (Å²) in [7, 11) is 0. The molecule has 0 saturated carbocycles. The van der Waals surface area contributed by atoms with Crippen LogP contribution in [0.25, 0.3) is 0 Å². The van der Waals surface area contributed by atoms with Gasteiger partial charge in [-0.1, -0.05) is 29.8 Å². The molecule has 0 fully saturated rings. The molecule has 112 valence electrons. The van der Waals surface area contributed by atoms with Crippen LogP contribution in [0.2, 0.25) is 0 Å². The van der Waals surface area contributed by atoms with E-state index in [0.717, 1.165) is 22.2 Å². The Kier molecular flexibility index (Phi) is 7.06. The lowest BCUT2D eigenvalue weighted by atomic mass is 9.93. The normalized spacial score (nSPS) is 13.1. The molecule has 1 atom stereocenters. The van der Waals surface area contributed by atoms with Gasteiger partial charge in [0.05, 0.1) is 10.8 Å². The van der Waals surface area contributed by atoms with E-state index in [1.165, 1.54) is 0 Å². The predicted octanol–water partition coefficient (Wildman–Crippen LogP) is 3.56. The fourth-order valence-corrected chi connectivity index (χ4v) is 3.03. The third kappa shape index (κ3) is 4.79. The molecule has 1 rings (SSSR count). The number of carbonyl (C=O) groups excluding carboxylic acids is 1. The van der Waals surface area contributed by atoms with Crippen LogP contribution >= 0.6 is 27.7 Å². The van der Waals surface area contributed by atoms with E-state index in [-0.39, 0.29) is 16.7 Å². The first-order valence-electron chi connectivity index (χ1n) is 6.90. The molecule has 20 heavy (non-hydrogen) atoms. The maximum atomic E-state index is 12.3. The van der Waals surface area contributed by atoms with Crippen LogP contribution in [0.3, 0.4) is 0 Å². The van der Waals surface area contributed by atoms with E-state index in [4.69, 9.17) is 5.73 Å². The predicted molar refractivity (Wildman–Crippen MR) is 90.0 cm³/mol. The number of rotatable bonds is 7. The summed E-state index contributed by atoms with van der Waals surface area (Å²) in [5, 5.41) is 2.98. The maximum Gasteiger partial charge on any atom is 0.233 e. The Bertz CT molecular complexity index is 424. The molecule has 1 aromatic rings. The summed E-state index contributed by atoms with van der Waals surface area (Å²) in [5.41, 5.74) is 5.55. The largest absolute Gasteiger partial charge is 0.348 e. The average molecular weight is 359 g/mol. The fraction of sp³-hybridized carbons (Fsp3) is 0.533. The molecular weight excluding hydrogens is 336 g/mol. The number of benzene rings is 1. The van der Waals surface area contributed by atoms with Crippen molar-refractivity contribution in [2.24, 2.45) is 5.73 Å². The third-order valence-electron chi connectivity index (χ3n) is 3.63. The van der Waals surface area contributed by atoms with E-state index in [2.05, 4.69) is 35.1 Å². The first kappa shape index (κ1) is 17.5. The van der Waals surface area contributed by atoms with Crippen molar-refractivity contribution in [1.82, 2.24) is 5.32 Å². The van der Waals surface area contributed by atoms with E-state index in [1.807, 2.05) is 31.2 Å². The van der Waals surface area contributed by atoms with E-state index in [1.54, 1.807) is 11.8 Å². The van der Waals surface area contributed by atoms with Gasteiger partial charge in [0.2, 0.25) is 5.91 Å². The average Bonchev–Trinajstić information content (AvgIpc) is 2.47. The van der Waals surface area contributed by atoms with Crippen molar-refractivity contribution in [2.75, 3.05) is 6.54 Å². The van der Waals surface area contributed by atoms with Crippen molar-refractivity contribution >= 4 is 33.6 Å². The monoisotopic (exact) mass is 358 g/mol. The SMILES string of the molecule is CCC(CC)(CN)NC(=O)C(C)Sc1ccc(Br)cc1. The molecule has 0 spiro atoms. The van der Waals surface area contributed by atoms with Crippen molar-refractivity contribution in [3.05, 3.63) is 28.7 Å². The van der Waals surface area contributed by atoms with Crippen LogP contribution in [0.1, 0.15) is 33.6 Å². The summed E-state index contributed by atoms with van der Waals surface area (Å²) in [6, 6.07) is 7.98. The van der Waals surface area contributed by atoms with E-state index in [9.17, 15) is 4.79 Å². The molecule has 0 bridgehead atoms. The lowest BCUT2D eigenvalue weighted by Gasteiger charge is -2.32. The van der Waals surface area contributed by atoms with Crippen LogP contribution in [0, 0.1) is 0 Å². The van der Waals surface area contributed by atoms with Crippen LogP contribution in [0.5, 0.6) is 0 Å². The Morgan fingerprint density at radius 2 is 1.90 bits per heavy atom. The number of hydrogen-bond donors (Lipinski definition) is 2. The van der Waals surface area contributed by atoms with Gasteiger partial charge in [0.25, 0.3) is 0 Å². The van der Waals surface area contributed by atoms with Crippen molar-refractivity contribution in [1.29, 1.82) is 0 Å². The van der Waals surface area contributed by atoms with E-state index < -0.39 is 0 Å². The van der Waals surface area contributed by atoms with Gasteiger partial charge < -0.3 is 11.1 Å². The van der Waals surface area contributed by atoms with E-state index >= 15 is 0 Å². The topological polar surface area (TPSA) is 55.1 Å². The Morgan fingerprint density at radius 1 is 1.35 bits per heavy atom.